The van der Waals surface area contributed by atoms with E-state index in [-0.39, 0.29) is 0 Å². The van der Waals surface area contributed by atoms with Gasteiger partial charge in [0.25, 0.3) is 0 Å². The van der Waals surface area contributed by atoms with Crippen LogP contribution in [-0.2, 0) is 0 Å². The monoisotopic (exact) mass is 495 g/mol. The van der Waals surface area contributed by atoms with Gasteiger partial charge in [0.05, 0.1) is 19.5 Å². The highest BCUT2D eigenvalue weighted by molar-refractivity contribution is 5.73. The third kappa shape index (κ3) is 4.83. The predicted molar refractivity (Wildman–Crippen MR) is 145 cm³/mol. The van der Waals surface area contributed by atoms with E-state index in [1.807, 2.05) is 97.1 Å². The van der Waals surface area contributed by atoms with Crippen molar-refractivity contribution in [1.82, 2.24) is 35.3 Å². The van der Waals surface area contributed by atoms with Crippen molar-refractivity contribution in [2.45, 2.75) is 0 Å². The quantitative estimate of drug-likeness (QED) is 0.286. The third-order valence-corrected chi connectivity index (χ3v) is 5.97. The van der Waals surface area contributed by atoms with E-state index in [1.165, 1.54) is 0 Å². The van der Waals surface area contributed by atoms with E-state index in [4.69, 9.17) is 9.72 Å². The van der Waals surface area contributed by atoms with Crippen molar-refractivity contribution < 1.29 is 4.74 Å². The lowest BCUT2D eigenvalue weighted by Crippen LogP contribution is -2.01. The molecular formula is C30H21N7O. The third-order valence-electron chi connectivity index (χ3n) is 5.97. The van der Waals surface area contributed by atoms with Gasteiger partial charge in [-0.2, -0.15) is 0 Å². The van der Waals surface area contributed by atoms with Gasteiger partial charge in [0.1, 0.15) is 28.5 Å². The normalized spacial score (nSPS) is 10.8. The Bertz CT molecular complexity index is 1560. The first kappa shape index (κ1) is 23.1. The van der Waals surface area contributed by atoms with Gasteiger partial charge in [-0.3, -0.25) is 0 Å². The van der Waals surface area contributed by atoms with Crippen LogP contribution in [0.2, 0.25) is 0 Å². The molecule has 0 bridgehead atoms. The first-order valence-electron chi connectivity index (χ1n) is 11.9. The lowest BCUT2D eigenvalue weighted by molar-refractivity contribution is 0.415. The molecule has 0 radical (unpaired) electrons. The Morgan fingerprint density at radius 2 is 0.974 bits per heavy atom. The summed E-state index contributed by atoms with van der Waals surface area (Å²) in [5, 5.41) is 17.5. The summed E-state index contributed by atoms with van der Waals surface area (Å²) in [6.07, 6.45) is 3.40. The summed E-state index contributed by atoms with van der Waals surface area (Å²) in [7, 11) is 1.64. The molecule has 0 aliphatic heterocycles. The Morgan fingerprint density at radius 1 is 0.474 bits per heavy atom. The highest BCUT2D eigenvalue weighted by Crippen LogP contribution is 2.29. The minimum absolute atomic E-state index is 0.398. The first-order chi connectivity index (χ1) is 18.8. The molecule has 0 fully saturated rings. The summed E-state index contributed by atoms with van der Waals surface area (Å²) >= 11 is 0. The van der Waals surface area contributed by atoms with Crippen molar-refractivity contribution in [3.05, 3.63) is 109 Å². The molecule has 6 aromatic rings. The van der Waals surface area contributed by atoms with Crippen LogP contribution in [-0.4, -0.2) is 42.5 Å². The molecular weight excluding hydrogens is 474 g/mol. The van der Waals surface area contributed by atoms with Crippen molar-refractivity contribution in [3.63, 3.8) is 0 Å². The van der Waals surface area contributed by atoms with E-state index in [0.717, 1.165) is 28.0 Å². The van der Waals surface area contributed by atoms with E-state index in [1.54, 1.807) is 19.5 Å². The number of ether oxygens (including phenoxy) is 1. The number of hydrogen-bond donors (Lipinski definition) is 0. The number of hydrogen-bond acceptors (Lipinski definition) is 8. The topological polar surface area (TPSA) is 99.5 Å². The molecule has 3 heterocycles. The van der Waals surface area contributed by atoms with E-state index >= 15 is 0 Å². The second-order valence-electron chi connectivity index (χ2n) is 8.42. The molecule has 3 aromatic carbocycles. The SMILES string of the molecule is COc1ccc(-c2cc(-c3ncc(-c4ccccc4)nn3)nc(-c3ncc(-c4ccccc4)nn3)c2)cc1. The molecule has 182 valence electrons. The van der Waals surface area contributed by atoms with Crippen LogP contribution in [0.25, 0.3) is 56.7 Å². The molecule has 0 aliphatic carbocycles. The zero-order chi connectivity index (χ0) is 25.7. The van der Waals surface area contributed by atoms with E-state index < -0.39 is 0 Å². The summed E-state index contributed by atoms with van der Waals surface area (Å²) in [6.45, 7) is 0. The molecule has 3 aromatic heterocycles. The maximum absolute atomic E-state index is 5.32. The van der Waals surface area contributed by atoms with Gasteiger partial charge in [0.15, 0.2) is 11.6 Å². The molecule has 8 heteroatoms. The second kappa shape index (κ2) is 10.3. The summed E-state index contributed by atoms with van der Waals surface area (Å²) in [5.41, 5.74) is 6.23. The Morgan fingerprint density at radius 3 is 1.39 bits per heavy atom. The number of benzene rings is 3. The second-order valence-corrected chi connectivity index (χ2v) is 8.42. The van der Waals surface area contributed by atoms with Gasteiger partial charge in [-0.25, -0.2) is 15.0 Å². The molecule has 8 nitrogen and oxygen atoms in total. The fraction of sp³-hybridized carbons (Fsp3) is 0.0333. The summed E-state index contributed by atoms with van der Waals surface area (Å²) < 4.78 is 5.32. The van der Waals surface area contributed by atoms with Crippen LogP contribution >= 0.6 is 0 Å². The first-order valence-corrected chi connectivity index (χ1v) is 11.9. The molecule has 38 heavy (non-hydrogen) atoms. The van der Waals surface area contributed by atoms with E-state index in [2.05, 4.69) is 30.4 Å². The van der Waals surface area contributed by atoms with Gasteiger partial charge >= 0.3 is 0 Å². The van der Waals surface area contributed by atoms with Gasteiger partial charge < -0.3 is 4.74 Å². The Balaban J connectivity index is 1.41. The predicted octanol–water partition coefficient (Wildman–Crippen LogP) is 5.80. The zero-order valence-electron chi connectivity index (χ0n) is 20.4. The molecule has 0 saturated heterocycles. The summed E-state index contributed by atoms with van der Waals surface area (Å²) in [5.74, 6) is 1.57. The lowest BCUT2D eigenvalue weighted by Gasteiger charge is -2.09. The van der Waals surface area contributed by atoms with Crippen LogP contribution in [0, 0.1) is 0 Å². The number of nitrogens with zero attached hydrogens (tertiary/aromatic N) is 7. The summed E-state index contributed by atoms with van der Waals surface area (Å²) in [6, 6.07) is 31.2. The number of rotatable bonds is 6. The van der Waals surface area contributed by atoms with Crippen LogP contribution in [0.15, 0.2) is 109 Å². The van der Waals surface area contributed by atoms with Crippen LogP contribution in [0.3, 0.4) is 0 Å². The van der Waals surface area contributed by atoms with E-state index in [0.29, 0.717) is 34.4 Å². The van der Waals surface area contributed by atoms with Crippen LogP contribution in [0.1, 0.15) is 0 Å². The molecule has 0 spiro atoms. The number of pyridine rings is 1. The minimum Gasteiger partial charge on any atom is -0.497 e. The molecule has 0 amide bonds. The molecule has 0 N–H and O–H groups in total. The molecule has 6 rings (SSSR count). The van der Waals surface area contributed by atoms with Gasteiger partial charge in [0, 0.05) is 11.1 Å². The van der Waals surface area contributed by atoms with Gasteiger partial charge in [-0.1, -0.05) is 72.8 Å². The van der Waals surface area contributed by atoms with Gasteiger partial charge in [-0.15, -0.1) is 20.4 Å². The maximum atomic E-state index is 5.32. The van der Waals surface area contributed by atoms with Gasteiger partial charge in [-0.05, 0) is 35.4 Å². The average molecular weight is 496 g/mol. The molecule has 0 aliphatic rings. The van der Waals surface area contributed by atoms with Gasteiger partial charge in [0.2, 0.25) is 0 Å². The van der Waals surface area contributed by atoms with Crippen molar-refractivity contribution in [3.8, 4) is 62.4 Å². The standard InChI is InChI=1S/C30H21N7O/c1-38-24-14-12-20(13-15-24)23-16-25(29-31-18-27(34-36-29)21-8-4-2-5-9-21)33-26(17-23)30-32-19-28(35-37-30)22-10-6-3-7-11-22/h2-19H,1H3. The minimum atomic E-state index is 0.398. The summed E-state index contributed by atoms with van der Waals surface area (Å²) in [4.78, 5) is 13.9. The van der Waals surface area contributed by atoms with Crippen molar-refractivity contribution in [2.75, 3.05) is 7.11 Å². The highest BCUT2D eigenvalue weighted by atomic mass is 16.5. The van der Waals surface area contributed by atoms with Crippen LogP contribution in [0.5, 0.6) is 5.75 Å². The number of methoxy groups -OCH3 is 1. The maximum Gasteiger partial charge on any atom is 0.200 e. The lowest BCUT2D eigenvalue weighted by atomic mass is 10.0. The largest absolute Gasteiger partial charge is 0.497 e. The fourth-order valence-electron chi connectivity index (χ4n) is 3.98. The van der Waals surface area contributed by atoms with E-state index in [9.17, 15) is 0 Å². The van der Waals surface area contributed by atoms with Crippen LogP contribution < -0.4 is 4.74 Å². The van der Waals surface area contributed by atoms with Crippen molar-refractivity contribution in [2.24, 2.45) is 0 Å². The Kier molecular flexibility index (Phi) is 6.26. The fourth-order valence-corrected chi connectivity index (χ4v) is 3.98. The Labute approximate surface area is 219 Å². The smallest absolute Gasteiger partial charge is 0.200 e. The molecule has 0 atom stereocenters. The Hall–Kier alpha value is -5.37. The highest BCUT2D eigenvalue weighted by Gasteiger charge is 2.14. The molecule has 0 saturated carbocycles. The average Bonchev–Trinajstić information content (AvgIpc) is 3.02. The molecule has 0 unspecified atom stereocenters. The van der Waals surface area contributed by atoms with Crippen LogP contribution in [0.4, 0.5) is 0 Å². The van der Waals surface area contributed by atoms with Crippen molar-refractivity contribution in [1.29, 1.82) is 0 Å². The number of aromatic nitrogens is 7. The van der Waals surface area contributed by atoms with Crippen molar-refractivity contribution >= 4 is 0 Å². The zero-order valence-corrected chi connectivity index (χ0v) is 20.4.